The number of esters is 1. The van der Waals surface area contributed by atoms with Gasteiger partial charge in [-0.25, -0.2) is 4.79 Å². The first-order valence-electron chi connectivity index (χ1n) is 4.98. The monoisotopic (exact) mass is 240 g/mol. The van der Waals surface area contributed by atoms with Crippen LogP contribution in [0.15, 0.2) is 11.9 Å². The molecule has 0 radical (unpaired) electrons. The SMILES string of the molecule is CCCCOC(C)COC(=O)C(F)=C(F)F. The minimum absolute atomic E-state index is 0.247. The van der Waals surface area contributed by atoms with Gasteiger partial charge in [-0.1, -0.05) is 13.3 Å². The van der Waals surface area contributed by atoms with Crippen LogP contribution in [0.25, 0.3) is 0 Å². The third kappa shape index (κ3) is 6.44. The minimum Gasteiger partial charge on any atom is -0.458 e. The quantitative estimate of drug-likeness (QED) is 0.390. The summed E-state index contributed by atoms with van der Waals surface area (Å²) in [7, 11) is 0. The molecule has 0 saturated carbocycles. The summed E-state index contributed by atoms with van der Waals surface area (Å²) in [5, 5.41) is 0. The first-order valence-corrected chi connectivity index (χ1v) is 4.98. The van der Waals surface area contributed by atoms with Gasteiger partial charge in [-0.2, -0.15) is 13.2 Å². The fraction of sp³-hybridized carbons (Fsp3) is 0.700. The molecule has 0 heterocycles. The summed E-state index contributed by atoms with van der Waals surface area (Å²) >= 11 is 0. The highest BCUT2D eigenvalue weighted by atomic mass is 19.3. The Bertz CT molecular complexity index is 250. The molecule has 0 fully saturated rings. The predicted molar refractivity (Wildman–Crippen MR) is 51.6 cm³/mol. The van der Waals surface area contributed by atoms with Crippen molar-refractivity contribution < 1.29 is 27.4 Å². The van der Waals surface area contributed by atoms with Crippen LogP contribution in [0, 0.1) is 0 Å². The molecule has 0 aliphatic carbocycles. The molecule has 0 aliphatic rings. The molecule has 0 aromatic rings. The van der Waals surface area contributed by atoms with Crippen molar-refractivity contribution in [3.05, 3.63) is 11.9 Å². The van der Waals surface area contributed by atoms with Crippen LogP contribution in [0.2, 0.25) is 0 Å². The van der Waals surface area contributed by atoms with Crippen molar-refractivity contribution in [2.45, 2.75) is 32.8 Å². The van der Waals surface area contributed by atoms with Crippen LogP contribution in [0.4, 0.5) is 13.2 Å². The Balaban J connectivity index is 3.80. The highest BCUT2D eigenvalue weighted by molar-refractivity contribution is 5.86. The fourth-order valence-electron chi connectivity index (χ4n) is 0.811. The average Bonchev–Trinajstić information content (AvgIpc) is 2.25. The maximum Gasteiger partial charge on any atom is 0.373 e. The smallest absolute Gasteiger partial charge is 0.373 e. The molecule has 94 valence electrons. The molecule has 0 N–H and O–H groups in total. The zero-order chi connectivity index (χ0) is 12.6. The first kappa shape index (κ1) is 15.0. The molecule has 0 aromatic carbocycles. The van der Waals surface area contributed by atoms with Crippen LogP contribution < -0.4 is 0 Å². The Morgan fingerprint density at radius 2 is 1.94 bits per heavy atom. The normalized spacial score (nSPS) is 12.1. The molecule has 0 amide bonds. The van der Waals surface area contributed by atoms with Crippen LogP contribution >= 0.6 is 0 Å². The van der Waals surface area contributed by atoms with Gasteiger partial charge in [0.2, 0.25) is 0 Å². The lowest BCUT2D eigenvalue weighted by molar-refractivity contribution is -0.145. The summed E-state index contributed by atoms with van der Waals surface area (Å²) in [6.07, 6.45) is -1.31. The summed E-state index contributed by atoms with van der Waals surface area (Å²) in [5.74, 6) is -3.81. The first-order chi connectivity index (χ1) is 7.49. The van der Waals surface area contributed by atoms with E-state index in [0.29, 0.717) is 6.61 Å². The third-order valence-electron chi connectivity index (χ3n) is 1.69. The van der Waals surface area contributed by atoms with E-state index < -0.39 is 24.0 Å². The van der Waals surface area contributed by atoms with Crippen molar-refractivity contribution in [3.8, 4) is 0 Å². The van der Waals surface area contributed by atoms with E-state index in [2.05, 4.69) is 4.74 Å². The van der Waals surface area contributed by atoms with E-state index >= 15 is 0 Å². The van der Waals surface area contributed by atoms with Crippen LogP contribution in [-0.2, 0) is 14.3 Å². The molecule has 1 unspecified atom stereocenters. The van der Waals surface area contributed by atoms with Crippen LogP contribution in [0.5, 0.6) is 0 Å². The highest BCUT2D eigenvalue weighted by Gasteiger charge is 2.18. The van der Waals surface area contributed by atoms with Gasteiger partial charge in [0, 0.05) is 6.61 Å². The summed E-state index contributed by atoms with van der Waals surface area (Å²) in [6.45, 7) is 3.84. The van der Waals surface area contributed by atoms with Crippen molar-refractivity contribution in [3.63, 3.8) is 0 Å². The van der Waals surface area contributed by atoms with Gasteiger partial charge in [0.05, 0.1) is 6.10 Å². The van der Waals surface area contributed by atoms with E-state index in [1.807, 2.05) is 6.92 Å². The second-order valence-corrected chi connectivity index (χ2v) is 3.21. The number of hydrogen-bond donors (Lipinski definition) is 0. The van der Waals surface area contributed by atoms with Crippen LogP contribution in [0.1, 0.15) is 26.7 Å². The number of carbonyl (C=O) groups excluding carboxylic acids is 1. The molecule has 0 aliphatic heterocycles. The number of rotatable bonds is 7. The minimum atomic E-state index is -2.68. The van der Waals surface area contributed by atoms with Gasteiger partial charge >= 0.3 is 12.0 Å². The van der Waals surface area contributed by atoms with Gasteiger partial charge in [0.1, 0.15) is 6.61 Å². The Hall–Kier alpha value is -1.04. The topological polar surface area (TPSA) is 35.5 Å². The van der Waals surface area contributed by atoms with Crippen LogP contribution in [-0.4, -0.2) is 25.3 Å². The standard InChI is InChI=1S/C10H15F3O3/c1-3-4-5-15-7(2)6-16-10(14)8(11)9(12)13/h7H,3-6H2,1-2H3. The number of hydrogen-bond acceptors (Lipinski definition) is 3. The van der Waals surface area contributed by atoms with Crippen molar-refractivity contribution in [2.75, 3.05) is 13.2 Å². The predicted octanol–water partition coefficient (Wildman–Crippen LogP) is 2.81. The third-order valence-corrected chi connectivity index (χ3v) is 1.69. The summed E-state index contributed by atoms with van der Waals surface area (Å²) in [5.41, 5.74) is 0. The van der Waals surface area contributed by atoms with Crippen LogP contribution in [0.3, 0.4) is 0 Å². The summed E-state index contributed by atoms with van der Waals surface area (Å²) in [4.78, 5) is 10.6. The van der Waals surface area contributed by atoms with Gasteiger partial charge in [-0.3, -0.25) is 0 Å². The highest BCUT2D eigenvalue weighted by Crippen LogP contribution is 2.11. The van der Waals surface area contributed by atoms with Gasteiger partial charge in [-0.15, -0.1) is 0 Å². The molecular formula is C10H15F3O3. The zero-order valence-electron chi connectivity index (χ0n) is 9.26. The molecule has 0 bridgehead atoms. The van der Waals surface area contributed by atoms with Crippen molar-refractivity contribution in [2.24, 2.45) is 0 Å². The maximum atomic E-state index is 12.3. The maximum absolute atomic E-state index is 12.3. The molecule has 1 atom stereocenters. The lowest BCUT2D eigenvalue weighted by Crippen LogP contribution is -2.20. The van der Waals surface area contributed by atoms with E-state index in [4.69, 9.17) is 4.74 Å². The Kier molecular flexibility index (Phi) is 7.62. The molecule has 6 heteroatoms. The largest absolute Gasteiger partial charge is 0.458 e. The van der Waals surface area contributed by atoms with Gasteiger partial charge < -0.3 is 9.47 Å². The van der Waals surface area contributed by atoms with Crippen molar-refractivity contribution in [1.29, 1.82) is 0 Å². The number of ether oxygens (including phenoxy) is 2. The molecule has 0 spiro atoms. The van der Waals surface area contributed by atoms with E-state index in [-0.39, 0.29) is 6.61 Å². The van der Waals surface area contributed by atoms with Gasteiger partial charge in [0.15, 0.2) is 0 Å². The van der Waals surface area contributed by atoms with E-state index in [0.717, 1.165) is 12.8 Å². The fourth-order valence-corrected chi connectivity index (χ4v) is 0.811. The Morgan fingerprint density at radius 3 is 2.44 bits per heavy atom. The molecule has 16 heavy (non-hydrogen) atoms. The summed E-state index contributed by atoms with van der Waals surface area (Å²) in [6, 6.07) is 0. The Morgan fingerprint density at radius 1 is 1.31 bits per heavy atom. The zero-order valence-corrected chi connectivity index (χ0v) is 9.26. The number of carbonyl (C=O) groups is 1. The number of unbranched alkanes of at least 4 members (excludes halogenated alkanes) is 1. The molecule has 0 aromatic heterocycles. The van der Waals surface area contributed by atoms with Crippen molar-refractivity contribution >= 4 is 5.97 Å². The van der Waals surface area contributed by atoms with Gasteiger partial charge in [-0.05, 0) is 13.3 Å². The second-order valence-electron chi connectivity index (χ2n) is 3.21. The lowest BCUT2D eigenvalue weighted by atomic mass is 10.3. The molecule has 0 saturated heterocycles. The van der Waals surface area contributed by atoms with Crippen molar-refractivity contribution in [1.82, 2.24) is 0 Å². The molecule has 3 nitrogen and oxygen atoms in total. The average molecular weight is 240 g/mol. The van der Waals surface area contributed by atoms with Gasteiger partial charge in [0.25, 0.3) is 5.83 Å². The van der Waals surface area contributed by atoms with E-state index in [1.54, 1.807) is 6.92 Å². The lowest BCUT2D eigenvalue weighted by Gasteiger charge is -2.12. The number of halogens is 3. The molecular weight excluding hydrogens is 225 g/mol. The van der Waals surface area contributed by atoms with E-state index in [1.165, 1.54) is 0 Å². The summed E-state index contributed by atoms with van der Waals surface area (Å²) < 4.78 is 45.0. The second kappa shape index (κ2) is 8.15. The van der Waals surface area contributed by atoms with E-state index in [9.17, 15) is 18.0 Å². The molecule has 0 rings (SSSR count). The Labute approximate surface area is 92.2 Å².